The van der Waals surface area contributed by atoms with Gasteiger partial charge in [-0.15, -0.1) is 11.3 Å². The van der Waals surface area contributed by atoms with Crippen LogP contribution in [0.3, 0.4) is 0 Å². The van der Waals surface area contributed by atoms with Gasteiger partial charge in [-0.25, -0.2) is 0 Å². The van der Waals surface area contributed by atoms with E-state index in [9.17, 15) is 14.7 Å². The van der Waals surface area contributed by atoms with Crippen LogP contribution in [0.1, 0.15) is 34.9 Å². The molecular formula is C21H20ClNO4S. The molecule has 146 valence electrons. The van der Waals surface area contributed by atoms with Gasteiger partial charge in [0.2, 0.25) is 0 Å². The van der Waals surface area contributed by atoms with Crippen LogP contribution in [0.25, 0.3) is 5.76 Å². The minimum Gasteiger partial charge on any atom is -0.507 e. The Balaban J connectivity index is 1.82. The summed E-state index contributed by atoms with van der Waals surface area (Å²) in [4.78, 5) is 28.2. The van der Waals surface area contributed by atoms with Crippen LogP contribution in [0.15, 0.2) is 41.3 Å². The number of halogens is 1. The fraction of sp³-hybridized carbons (Fsp3) is 0.333. The summed E-state index contributed by atoms with van der Waals surface area (Å²) in [7, 11) is 0. The maximum absolute atomic E-state index is 12.9. The number of rotatable bonds is 4. The minimum atomic E-state index is -0.664. The Morgan fingerprint density at radius 2 is 2.04 bits per heavy atom. The number of amides is 1. The first-order chi connectivity index (χ1) is 13.5. The molecule has 0 bridgehead atoms. The summed E-state index contributed by atoms with van der Waals surface area (Å²) < 4.78 is 5.69. The molecule has 5 nitrogen and oxygen atoms in total. The number of benzene rings is 1. The molecule has 1 amide bonds. The number of aliphatic hydroxyl groups is 1. The maximum atomic E-state index is 12.9. The van der Waals surface area contributed by atoms with Gasteiger partial charge >= 0.3 is 0 Å². The van der Waals surface area contributed by atoms with Gasteiger partial charge in [0.15, 0.2) is 0 Å². The molecule has 0 radical (unpaired) electrons. The van der Waals surface area contributed by atoms with Gasteiger partial charge in [0, 0.05) is 28.6 Å². The molecule has 3 heterocycles. The molecule has 2 aliphatic rings. The Labute approximate surface area is 172 Å². The van der Waals surface area contributed by atoms with Gasteiger partial charge in [-0.2, -0.15) is 0 Å². The van der Waals surface area contributed by atoms with Crippen molar-refractivity contribution in [1.82, 2.24) is 4.90 Å². The molecule has 28 heavy (non-hydrogen) atoms. The second-order valence-electron chi connectivity index (χ2n) is 7.06. The highest BCUT2D eigenvalue weighted by molar-refractivity contribution is 7.10. The summed E-state index contributed by atoms with van der Waals surface area (Å²) >= 11 is 7.42. The number of hydrogen-bond acceptors (Lipinski definition) is 5. The summed E-state index contributed by atoms with van der Waals surface area (Å²) in [5.74, 6) is -1.44. The number of ketones is 1. The quantitative estimate of drug-likeness (QED) is 0.457. The van der Waals surface area contributed by atoms with Crippen molar-refractivity contribution in [3.8, 4) is 0 Å². The molecule has 0 saturated carbocycles. The van der Waals surface area contributed by atoms with Gasteiger partial charge in [0.25, 0.3) is 11.7 Å². The number of Topliss-reactive ketones (excluding diaryl/α,β-unsaturated/α-hetero) is 1. The largest absolute Gasteiger partial charge is 0.507 e. The molecule has 2 unspecified atom stereocenters. The highest BCUT2D eigenvalue weighted by Crippen LogP contribution is 2.43. The number of aryl methyl sites for hydroxylation is 1. The van der Waals surface area contributed by atoms with Gasteiger partial charge in [0.1, 0.15) is 5.76 Å². The second-order valence-corrected chi connectivity index (χ2v) is 8.45. The van der Waals surface area contributed by atoms with Gasteiger partial charge in [0.05, 0.1) is 17.7 Å². The van der Waals surface area contributed by atoms with Gasteiger partial charge in [-0.1, -0.05) is 11.6 Å². The molecule has 0 aliphatic carbocycles. The van der Waals surface area contributed by atoms with Crippen LogP contribution >= 0.6 is 22.9 Å². The molecule has 4 rings (SSSR count). The zero-order chi connectivity index (χ0) is 19.8. The number of carbonyl (C=O) groups is 2. The molecule has 1 aromatic heterocycles. The monoisotopic (exact) mass is 417 g/mol. The van der Waals surface area contributed by atoms with Crippen LogP contribution in [0.2, 0.25) is 5.02 Å². The number of likely N-dealkylation sites (tertiary alicyclic amines) is 1. The first kappa shape index (κ1) is 19.2. The molecule has 7 heteroatoms. The minimum absolute atomic E-state index is 0.0865. The van der Waals surface area contributed by atoms with Crippen LogP contribution in [-0.4, -0.2) is 41.0 Å². The van der Waals surface area contributed by atoms with Gasteiger partial charge in [-0.05, 0) is 61.0 Å². The average molecular weight is 418 g/mol. The van der Waals surface area contributed by atoms with Crippen molar-refractivity contribution >= 4 is 40.4 Å². The van der Waals surface area contributed by atoms with E-state index in [1.807, 2.05) is 18.4 Å². The summed E-state index contributed by atoms with van der Waals surface area (Å²) in [5, 5.41) is 13.4. The Hall–Kier alpha value is -2.15. The number of thiophene rings is 1. The van der Waals surface area contributed by atoms with E-state index in [1.165, 1.54) is 11.3 Å². The van der Waals surface area contributed by atoms with E-state index in [4.69, 9.17) is 16.3 Å². The third-order valence-electron chi connectivity index (χ3n) is 5.23. The zero-order valence-corrected chi connectivity index (χ0v) is 16.9. The standard InChI is InChI=1S/C21H20ClNO4S/c1-12-8-10-28-20(12)17-16(18(24)13-4-6-14(22)7-5-13)19(25)21(26)23(17)11-15-3-2-9-27-15/h4-8,10,15,17,24H,2-3,9,11H2,1H3. The lowest BCUT2D eigenvalue weighted by Crippen LogP contribution is -2.36. The van der Waals surface area contributed by atoms with E-state index in [-0.39, 0.29) is 17.4 Å². The number of nitrogens with zero attached hydrogens (tertiary/aromatic N) is 1. The Morgan fingerprint density at radius 1 is 1.29 bits per heavy atom. The van der Waals surface area contributed by atoms with Crippen molar-refractivity contribution in [1.29, 1.82) is 0 Å². The molecule has 1 N–H and O–H groups in total. The van der Waals surface area contributed by atoms with Crippen molar-refractivity contribution in [2.75, 3.05) is 13.2 Å². The summed E-state index contributed by atoms with van der Waals surface area (Å²) in [6.07, 6.45) is 1.72. The van der Waals surface area contributed by atoms with Crippen molar-refractivity contribution in [2.24, 2.45) is 0 Å². The Morgan fingerprint density at radius 3 is 2.64 bits per heavy atom. The van der Waals surface area contributed by atoms with E-state index in [2.05, 4.69) is 0 Å². The van der Waals surface area contributed by atoms with E-state index in [1.54, 1.807) is 29.2 Å². The topological polar surface area (TPSA) is 66.8 Å². The second kappa shape index (κ2) is 7.70. The summed E-state index contributed by atoms with van der Waals surface area (Å²) in [5.41, 5.74) is 1.56. The highest BCUT2D eigenvalue weighted by Gasteiger charge is 2.47. The predicted molar refractivity (Wildman–Crippen MR) is 108 cm³/mol. The van der Waals surface area contributed by atoms with E-state index >= 15 is 0 Å². The van der Waals surface area contributed by atoms with E-state index in [0.717, 1.165) is 23.3 Å². The fourth-order valence-electron chi connectivity index (χ4n) is 3.78. The first-order valence-corrected chi connectivity index (χ1v) is 10.4. The third-order valence-corrected chi connectivity index (χ3v) is 6.56. The lowest BCUT2D eigenvalue weighted by atomic mass is 9.98. The molecule has 2 fully saturated rings. The van der Waals surface area contributed by atoms with Crippen molar-refractivity contribution in [2.45, 2.75) is 31.9 Å². The smallest absolute Gasteiger partial charge is 0.295 e. The molecule has 1 aromatic carbocycles. The molecule has 2 aliphatic heterocycles. The average Bonchev–Trinajstić information content (AvgIpc) is 3.39. The number of ether oxygens (including phenoxy) is 1. The summed E-state index contributed by atoms with van der Waals surface area (Å²) in [6.45, 7) is 2.95. The first-order valence-electron chi connectivity index (χ1n) is 9.17. The van der Waals surface area contributed by atoms with Crippen LogP contribution in [0, 0.1) is 6.92 Å². The predicted octanol–water partition coefficient (Wildman–Crippen LogP) is 4.31. The van der Waals surface area contributed by atoms with Crippen LogP contribution in [-0.2, 0) is 14.3 Å². The molecule has 2 atom stereocenters. The van der Waals surface area contributed by atoms with E-state index < -0.39 is 17.7 Å². The van der Waals surface area contributed by atoms with Gasteiger partial charge in [-0.3, -0.25) is 9.59 Å². The number of aliphatic hydroxyl groups excluding tert-OH is 1. The van der Waals surface area contributed by atoms with E-state index in [0.29, 0.717) is 23.7 Å². The van der Waals surface area contributed by atoms with Crippen molar-refractivity contribution < 1.29 is 19.4 Å². The van der Waals surface area contributed by atoms with Crippen molar-refractivity contribution in [3.63, 3.8) is 0 Å². The Bertz CT molecular complexity index is 944. The Kier molecular flexibility index (Phi) is 5.27. The molecule has 2 saturated heterocycles. The van der Waals surface area contributed by atoms with Crippen LogP contribution < -0.4 is 0 Å². The molecule has 0 spiro atoms. The van der Waals surface area contributed by atoms with Gasteiger partial charge < -0.3 is 14.7 Å². The molecular weight excluding hydrogens is 398 g/mol. The number of hydrogen-bond donors (Lipinski definition) is 1. The van der Waals surface area contributed by atoms with Crippen molar-refractivity contribution in [3.05, 3.63) is 62.3 Å². The molecule has 2 aromatic rings. The van der Waals surface area contributed by atoms with Crippen LogP contribution in [0.4, 0.5) is 0 Å². The SMILES string of the molecule is Cc1ccsc1C1C(=C(O)c2ccc(Cl)cc2)C(=O)C(=O)N1CC1CCCO1. The third kappa shape index (κ3) is 3.36. The lowest BCUT2D eigenvalue weighted by molar-refractivity contribution is -0.140. The van der Waals surface area contributed by atoms with Crippen LogP contribution in [0.5, 0.6) is 0 Å². The maximum Gasteiger partial charge on any atom is 0.295 e. The normalized spacial score (nSPS) is 24.3. The zero-order valence-electron chi connectivity index (χ0n) is 15.4. The highest BCUT2D eigenvalue weighted by atomic mass is 35.5. The summed E-state index contributed by atoms with van der Waals surface area (Å²) in [6, 6.07) is 7.91. The fourth-order valence-corrected chi connectivity index (χ4v) is 4.95. The lowest BCUT2D eigenvalue weighted by Gasteiger charge is -2.27. The number of carbonyl (C=O) groups excluding carboxylic acids is 2.